The van der Waals surface area contributed by atoms with E-state index in [2.05, 4.69) is 0 Å². The first-order valence-electron chi connectivity index (χ1n) is 9.81. The number of fused-ring (bicyclic) bond motifs is 5. The van der Waals surface area contributed by atoms with Crippen LogP contribution in [-0.4, -0.2) is 38.0 Å². The van der Waals surface area contributed by atoms with Gasteiger partial charge >= 0.3 is 11.2 Å². The van der Waals surface area contributed by atoms with Crippen LogP contribution in [0.3, 0.4) is 0 Å². The number of carbonyl (C=O) groups is 1. The Labute approximate surface area is 176 Å². The molecule has 2 aliphatic heterocycles. The summed E-state index contributed by atoms with van der Waals surface area (Å²) in [5.41, 5.74) is 0.738. The molecule has 9 heteroatoms. The molecule has 8 nitrogen and oxygen atoms in total. The van der Waals surface area contributed by atoms with Crippen molar-refractivity contribution in [3.8, 4) is 0 Å². The van der Waals surface area contributed by atoms with Crippen LogP contribution in [0.1, 0.15) is 18.0 Å². The Kier molecular flexibility index (Phi) is 4.39. The van der Waals surface area contributed by atoms with Gasteiger partial charge in [0, 0.05) is 54.0 Å². The van der Waals surface area contributed by atoms with Crippen LogP contribution in [0.2, 0.25) is 5.02 Å². The van der Waals surface area contributed by atoms with Crippen molar-refractivity contribution in [1.82, 2.24) is 14.0 Å². The molecule has 1 amide bonds. The molecule has 2 atom stereocenters. The maximum atomic E-state index is 13.1. The van der Waals surface area contributed by atoms with Crippen molar-refractivity contribution in [2.75, 3.05) is 13.1 Å². The minimum Gasteiger partial charge on any atom is -0.340 e. The van der Waals surface area contributed by atoms with Gasteiger partial charge in [-0.2, -0.15) is 0 Å². The summed E-state index contributed by atoms with van der Waals surface area (Å²) in [7, 11) is 0. The highest BCUT2D eigenvalue weighted by Gasteiger charge is 2.37. The Morgan fingerprint density at radius 3 is 2.80 bits per heavy atom. The zero-order valence-corrected chi connectivity index (χ0v) is 16.8. The van der Waals surface area contributed by atoms with Crippen molar-refractivity contribution >= 4 is 34.1 Å². The number of halogens is 1. The van der Waals surface area contributed by atoms with E-state index in [-0.39, 0.29) is 24.3 Å². The molecule has 2 aromatic heterocycles. The van der Waals surface area contributed by atoms with Gasteiger partial charge in [-0.1, -0.05) is 17.7 Å². The number of aromatic nitrogens is 2. The average molecular weight is 427 g/mol. The van der Waals surface area contributed by atoms with E-state index < -0.39 is 16.2 Å². The lowest BCUT2D eigenvalue weighted by Crippen LogP contribution is -2.50. The number of piperidine rings is 1. The summed E-state index contributed by atoms with van der Waals surface area (Å²) in [4.78, 5) is 37.9. The van der Waals surface area contributed by atoms with Gasteiger partial charge in [0.1, 0.15) is 6.54 Å². The Morgan fingerprint density at radius 2 is 2.00 bits per heavy atom. The molecular weight excluding hydrogens is 408 g/mol. The lowest BCUT2D eigenvalue weighted by atomic mass is 9.83. The van der Waals surface area contributed by atoms with Crippen LogP contribution in [0.5, 0.6) is 0 Å². The molecule has 4 heterocycles. The summed E-state index contributed by atoms with van der Waals surface area (Å²) in [6.07, 6.45) is 2.76. The van der Waals surface area contributed by atoms with Gasteiger partial charge in [-0.15, -0.1) is 0 Å². The molecule has 1 saturated heterocycles. The molecule has 3 aromatic rings. The molecule has 0 N–H and O–H groups in total. The van der Waals surface area contributed by atoms with Crippen molar-refractivity contribution in [3.63, 3.8) is 0 Å². The minimum absolute atomic E-state index is 0.00537. The normalized spacial score (nSPS) is 20.2. The zero-order chi connectivity index (χ0) is 21.0. The highest BCUT2D eigenvalue weighted by molar-refractivity contribution is 6.31. The number of carbonyl (C=O) groups excluding carboxylic acids is 1. The van der Waals surface area contributed by atoms with Crippen LogP contribution in [0.25, 0.3) is 10.9 Å². The molecule has 2 aliphatic rings. The second-order valence-corrected chi connectivity index (χ2v) is 8.50. The Bertz CT molecular complexity index is 1250. The number of nitrogens with zero attached hydrogens (tertiary/aromatic N) is 4. The number of amides is 1. The molecule has 1 unspecified atom stereocenters. The number of pyridine rings is 1. The summed E-state index contributed by atoms with van der Waals surface area (Å²) in [5, 5.41) is 12.7. The van der Waals surface area contributed by atoms with E-state index in [0.717, 1.165) is 23.0 Å². The molecule has 0 spiro atoms. The van der Waals surface area contributed by atoms with Crippen LogP contribution in [0.15, 0.2) is 47.4 Å². The van der Waals surface area contributed by atoms with Crippen LogP contribution in [0.4, 0.5) is 5.69 Å². The Morgan fingerprint density at radius 1 is 1.17 bits per heavy atom. The van der Waals surface area contributed by atoms with Gasteiger partial charge in [0.15, 0.2) is 0 Å². The first-order valence-corrected chi connectivity index (χ1v) is 10.2. The van der Waals surface area contributed by atoms with Gasteiger partial charge in [0.25, 0.3) is 0 Å². The maximum Gasteiger partial charge on any atom is 0.334 e. The molecular formula is C21H19ClN4O4. The lowest BCUT2D eigenvalue weighted by Gasteiger charge is -2.42. The monoisotopic (exact) mass is 426 g/mol. The van der Waals surface area contributed by atoms with Gasteiger partial charge in [-0.05, 0) is 42.0 Å². The fourth-order valence-electron chi connectivity index (χ4n) is 4.82. The van der Waals surface area contributed by atoms with Crippen molar-refractivity contribution in [2.24, 2.45) is 5.92 Å². The van der Waals surface area contributed by atoms with E-state index in [9.17, 15) is 19.7 Å². The summed E-state index contributed by atoms with van der Waals surface area (Å²) >= 11 is 6.11. The largest absolute Gasteiger partial charge is 0.340 e. The third kappa shape index (κ3) is 3.08. The Balaban J connectivity index is 1.39. The molecule has 0 saturated carbocycles. The van der Waals surface area contributed by atoms with Gasteiger partial charge in [0.2, 0.25) is 5.91 Å². The summed E-state index contributed by atoms with van der Waals surface area (Å²) in [6, 6.07) is 10.5. The summed E-state index contributed by atoms with van der Waals surface area (Å²) in [6.45, 7) is 1.67. The predicted octanol–water partition coefficient (Wildman–Crippen LogP) is 3.01. The topological polar surface area (TPSA) is 90.4 Å². The van der Waals surface area contributed by atoms with Crippen molar-refractivity contribution in [1.29, 1.82) is 0 Å². The van der Waals surface area contributed by atoms with E-state index in [0.29, 0.717) is 24.7 Å². The molecule has 0 aliphatic carbocycles. The summed E-state index contributed by atoms with van der Waals surface area (Å²) in [5.74, 6) is 0.126. The van der Waals surface area contributed by atoms with Crippen LogP contribution in [0, 0.1) is 16.0 Å². The molecule has 2 bridgehead atoms. The highest BCUT2D eigenvalue weighted by atomic mass is 35.5. The minimum atomic E-state index is -0.635. The average Bonchev–Trinajstić information content (AvgIpc) is 3.10. The first kappa shape index (κ1) is 18.9. The van der Waals surface area contributed by atoms with Crippen LogP contribution >= 0.6 is 11.6 Å². The fourth-order valence-corrected chi connectivity index (χ4v) is 4.98. The van der Waals surface area contributed by atoms with Crippen molar-refractivity contribution in [2.45, 2.75) is 25.4 Å². The first-order chi connectivity index (χ1) is 14.4. The van der Waals surface area contributed by atoms with E-state index in [1.165, 1.54) is 10.6 Å². The van der Waals surface area contributed by atoms with Gasteiger partial charge in [0.05, 0.1) is 4.92 Å². The second kappa shape index (κ2) is 6.98. The molecule has 5 rings (SSSR count). The van der Waals surface area contributed by atoms with Crippen molar-refractivity contribution in [3.05, 3.63) is 73.8 Å². The molecule has 1 aromatic carbocycles. The third-order valence-electron chi connectivity index (χ3n) is 6.18. The number of rotatable bonds is 3. The second-order valence-electron chi connectivity index (χ2n) is 8.06. The van der Waals surface area contributed by atoms with Gasteiger partial charge in [-0.25, -0.2) is 0 Å². The quantitative estimate of drug-likeness (QED) is 0.475. The van der Waals surface area contributed by atoms with Gasteiger partial charge in [-0.3, -0.25) is 19.7 Å². The number of benzene rings is 1. The van der Waals surface area contributed by atoms with Gasteiger partial charge < -0.3 is 14.0 Å². The highest BCUT2D eigenvalue weighted by Crippen LogP contribution is 2.35. The van der Waals surface area contributed by atoms with E-state index in [1.807, 2.05) is 39.9 Å². The number of likely N-dealkylation sites (tertiary alicyclic amines) is 1. The predicted molar refractivity (Wildman–Crippen MR) is 112 cm³/mol. The van der Waals surface area contributed by atoms with E-state index in [4.69, 9.17) is 11.6 Å². The number of hydrogen-bond acceptors (Lipinski definition) is 4. The maximum absolute atomic E-state index is 13.1. The molecule has 30 heavy (non-hydrogen) atoms. The smallest absolute Gasteiger partial charge is 0.334 e. The zero-order valence-electron chi connectivity index (χ0n) is 16.0. The standard InChI is InChI=1S/C21H19ClN4O4/c22-16-2-1-14-5-6-23(19(14)8-16)12-20(27)24-9-13-7-15(11-24)17-3-4-18(26(29)30)21(28)25(17)10-13/h1-6,8,13,15H,7,9-12H2/t13-,15?/m0/s1. The van der Waals surface area contributed by atoms with Crippen molar-refractivity contribution < 1.29 is 9.72 Å². The molecule has 0 radical (unpaired) electrons. The lowest BCUT2D eigenvalue weighted by molar-refractivity contribution is -0.386. The van der Waals surface area contributed by atoms with E-state index in [1.54, 1.807) is 6.07 Å². The number of hydrogen-bond donors (Lipinski definition) is 0. The summed E-state index contributed by atoms with van der Waals surface area (Å²) < 4.78 is 3.43. The van der Waals surface area contributed by atoms with Crippen LogP contribution < -0.4 is 5.56 Å². The van der Waals surface area contributed by atoms with E-state index >= 15 is 0 Å². The SMILES string of the molecule is O=C(Cn1ccc2ccc(Cl)cc21)N1CC2C[C@@H](C1)Cn1c2ccc([N+](=O)[O-])c1=O. The van der Waals surface area contributed by atoms with Crippen LogP contribution in [-0.2, 0) is 17.9 Å². The fraction of sp³-hybridized carbons (Fsp3) is 0.333. The molecule has 1 fully saturated rings. The Hall–Kier alpha value is -3.13. The third-order valence-corrected chi connectivity index (χ3v) is 6.41. The molecule has 154 valence electrons. The number of nitro groups is 1.